The topological polar surface area (TPSA) is 50.9 Å². The van der Waals surface area contributed by atoms with E-state index in [-0.39, 0.29) is 11.0 Å². The second-order valence-corrected chi connectivity index (χ2v) is 3.26. The van der Waals surface area contributed by atoms with Gasteiger partial charge in [-0.3, -0.25) is 4.68 Å². The average molecular weight is 198 g/mol. The molecule has 2 aromatic rings. The first-order valence-corrected chi connectivity index (χ1v) is 4.16. The van der Waals surface area contributed by atoms with Crippen LogP contribution in [0.4, 0.5) is 0 Å². The lowest BCUT2D eigenvalue weighted by Gasteiger charge is -1.95. The van der Waals surface area contributed by atoms with Crippen LogP contribution in [0.15, 0.2) is 6.07 Å². The molecular formula is C8H8ClN3O. The Balaban J connectivity index is 2.94. The number of aromatic nitrogens is 3. The van der Waals surface area contributed by atoms with Crippen molar-refractivity contribution in [1.82, 2.24) is 14.8 Å². The van der Waals surface area contributed by atoms with E-state index >= 15 is 0 Å². The first kappa shape index (κ1) is 8.31. The molecule has 4 nitrogen and oxygen atoms in total. The van der Waals surface area contributed by atoms with Gasteiger partial charge in [0.2, 0.25) is 5.88 Å². The van der Waals surface area contributed by atoms with E-state index < -0.39 is 0 Å². The van der Waals surface area contributed by atoms with Gasteiger partial charge in [-0.05, 0) is 6.92 Å². The van der Waals surface area contributed by atoms with Crippen LogP contribution in [0.3, 0.4) is 0 Å². The van der Waals surface area contributed by atoms with Crippen LogP contribution in [0.1, 0.15) is 5.69 Å². The fraction of sp³-hybridized carbons (Fsp3) is 0.250. The Kier molecular flexibility index (Phi) is 1.66. The summed E-state index contributed by atoms with van der Waals surface area (Å²) >= 11 is 5.67. The molecule has 0 saturated heterocycles. The van der Waals surface area contributed by atoms with E-state index in [1.807, 2.05) is 14.0 Å². The lowest BCUT2D eigenvalue weighted by Crippen LogP contribution is -1.91. The van der Waals surface area contributed by atoms with Crippen LogP contribution >= 0.6 is 11.6 Å². The summed E-state index contributed by atoms with van der Waals surface area (Å²) in [6, 6.07) is 1.63. The average Bonchev–Trinajstić information content (AvgIpc) is 2.27. The van der Waals surface area contributed by atoms with Crippen molar-refractivity contribution in [3.8, 4) is 5.88 Å². The first-order valence-electron chi connectivity index (χ1n) is 3.78. The van der Waals surface area contributed by atoms with Crippen molar-refractivity contribution in [2.45, 2.75) is 6.92 Å². The monoisotopic (exact) mass is 197 g/mol. The maximum Gasteiger partial charge on any atom is 0.223 e. The van der Waals surface area contributed by atoms with Gasteiger partial charge in [0, 0.05) is 18.8 Å². The van der Waals surface area contributed by atoms with Gasteiger partial charge in [-0.2, -0.15) is 5.10 Å². The van der Waals surface area contributed by atoms with Gasteiger partial charge in [-0.25, -0.2) is 4.98 Å². The lowest BCUT2D eigenvalue weighted by molar-refractivity contribution is 0.460. The molecule has 2 heterocycles. The molecule has 0 spiro atoms. The zero-order valence-electron chi connectivity index (χ0n) is 7.24. The predicted octanol–water partition coefficient (Wildman–Crippen LogP) is 1.64. The third kappa shape index (κ3) is 1.14. The number of hydrogen-bond donors (Lipinski definition) is 1. The molecular weight excluding hydrogens is 190 g/mol. The van der Waals surface area contributed by atoms with E-state index in [1.54, 1.807) is 10.7 Å². The predicted molar refractivity (Wildman–Crippen MR) is 49.9 cm³/mol. The normalized spacial score (nSPS) is 11.0. The summed E-state index contributed by atoms with van der Waals surface area (Å²) in [6.45, 7) is 1.87. The van der Waals surface area contributed by atoms with E-state index in [2.05, 4.69) is 10.1 Å². The highest BCUT2D eigenvalue weighted by molar-refractivity contribution is 6.30. The SMILES string of the molecule is Cc1c2c(O)nc(Cl)cc2nn1C. The van der Waals surface area contributed by atoms with E-state index in [0.29, 0.717) is 10.9 Å². The Hall–Kier alpha value is -1.29. The summed E-state index contributed by atoms with van der Waals surface area (Å²) in [5.74, 6) is -0.0619. The van der Waals surface area contributed by atoms with Crippen LogP contribution in [0.25, 0.3) is 10.9 Å². The van der Waals surface area contributed by atoms with Crippen molar-refractivity contribution in [2.75, 3.05) is 0 Å². The van der Waals surface area contributed by atoms with E-state index in [4.69, 9.17) is 11.6 Å². The second kappa shape index (κ2) is 2.60. The van der Waals surface area contributed by atoms with Crippen molar-refractivity contribution >= 4 is 22.5 Å². The van der Waals surface area contributed by atoms with Crippen LogP contribution in [-0.4, -0.2) is 19.9 Å². The first-order chi connectivity index (χ1) is 6.09. The van der Waals surface area contributed by atoms with E-state index in [9.17, 15) is 5.11 Å². The zero-order chi connectivity index (χ0) is 9.59. The molecule has 0 radical (unpaired) electrons. The standard InChI is InChI=1S/C8H8ClN3O/c1-4-7-5(11-12(4)2)3-6(9)10-8(7)13/h3H,1-2H3,(H,10,13). The Labute approximate surface area is 79.8 Å². The molecule has 0 fully saturated rings. The minimum absolute atomic E-state index is 0.0619. The van der Waals surface area contributed by atoms with Gasteiger partial charge in [0.15, 0.2) is 0 Å². The second-order valence-electron chi connectivity index (χ2n) is 2.87. The van der Waals surface area contributed by atoms with Crippen LogP contribution in [0, 0.1) is 6.92 Å². The lowest BCUT2D eigenvalue weighted by atomic mass is 10.2. The van der Waals surface area contributed by atoms with Gasteiger partial charge in [0.05, 0.1) is 5.39 Å². The Morgan fingerprint density at radius 1 is 1.54 bits per heavy atom. The number of nitrogens with zero attached hydrogens (tertiary/aromatic N) is 3. The molecule has 0 atom stereocenters. The summed E-state index contributed by atoms with van der Waals surface area (Å²) in [5, 5.41) is 14.6. The fourth-order valence-electron chi connectivity index (χ4n) is 1.31. The number of aromatic hydroxyl groups is 1. The molecule has 2 aromatic heterocycles. The van der Waals surface area contributed by atoms with Crippen LogP contribution in [0.5, 0.6) is 5.88 Å². The van der Waals surface area contributed by atoms with Gasteiger partial charge in [0.1, 0.15) is 10.7 Å². The molecule has 13 heavy (non-hydrogen) atoms. The minimum Gasteiger partial charge on any atom is -0.493 e. The molecule has 0 saturated carbocycles. The van der Waals surface area contributed by atoms with Crippen molar-refractivity contribution in [1.29, 1.82) is 0 Å². The van der Waals surface area contributed by atoms with Crippen LogP contribution in [-0.2, 0) is 7.05 Å². The highest BCUT2D eigenvalue weighted by Crippen LogP contribution is 2.27. The number of halogens is 1. The Morgan fingerprint density at radius 2 is 2.23 bits per heavy atom. The van der Waals surface area contributed by atoms with Crippen LogP contribution < -0.4 is 0 Å². The van der Waals surface area contributed by atoms with Gasteiger partial charge < -0.3 is 5.11 Å². The maximum atomic E-state index is 9.50. The number of hydrogen-bond acceptors (Lipinski definition) is 3. The smallest absolute Gasteiger partial charge is 0.223 e. The number of rotatable bonds is 0. The summed E-state index contributed by atoms with van der Waals surface area (Å²) < 4.78 is 1.68. The zero-order valence-corrected chi connectivity index (χ0v) is 8.00. The van der Waals surface area contributed by atoms with Crippen molar-refractivity contribution in [2.24, 2.45) is 7.05 Å². The summed E-state index contributed by atoms with van der Waals surface area (Å²) in [5.41, 5.74) is 1.54. The van der Waals surface area contributed by atoms with Gasteiger partial charge in [0.25, 0.3) is 0 Å². The number of aryl methyl sites for hydroxylation is 2. The third-order valence-corrected chi connectivity index (χ3v) is 2.25. The minimum atomic E-state index is -0.0619. The molecule has 68 valence electrons. The molecule has 0 aliphatic carbocycles. The maximum absolute atomic E-state index is 9.50. The molecule has 0 amide bonds. The largest absolute Gasteiger partial charge is 0.493 e. The van der Waals surface area contributed by atoms with Crippen molar-refractivity contribution in [3.05, 3.63) is 16.9 Å². The molecule has 0 aromatic carbocycles. The number of fused-ring (bicyclic) bond motifs is 1. The van der Waals surface area contributed by atoms with E-state index in [0.717, 1.165) is 5.69 Å². The quantitative estimate of drug-likeness (QED) is 0.654. The molecule has 5 heteroatoms. The molecule has 1 N–H and O–H groups in total. The van der Waals surface area contributed by atoms with E-state index in [1.165, 1.54) is 0 Å². The van der Waals surface area contributed by atoms with Gasteiger partial charge in [-0.15, -0.1) is 0 Å². The summed E-state index contributed by atoms with van der Waals surface area (Å²) in [7, 11) is 1.81. The van der Waals surface area contributed by atoms with Crippen molar-refractivity contribution < 1.29 is 5.11 Å². The van der Waals surface area contributed by atoms with Gasteiger partial charge in [-0.1, -0.05) is 11.6 Å². The third-order valence-electron chi connectivity index (χ3n) is 2.05. The fourth-order valence-corrected chi connectivity index (χ4v) is 1.50. The van der Waals surface area contributed by atoms with Crippen molar-refractivity contribution in [3.63, 3.8) is 0 Å². The number of pyridine rings is 1. The molecule has 0 unspecified atom stereocenters. The molecule has 0 bridgehead atoms. The molecule has 0 aliphatic heterocycles. The summed E-state index contributed by atoms with van der Waals surface area (Å²) in [6.07, 6.45) is 0. The van der Waals surface area contributed by atoms with Gasteiger partial charge >= 0.3 is 0 Å². The Bertz CT molecular complexity index is 478. The summed E-state index contributed by atoms with van der Waals surface area (Å²) in [4.78, 5) is 3.74. The molecule has 0 aliphatic rings. The Morgan fingerprint density at radius 3 is 2.92 bits per heavy atom. The molecule has 2 rings (SSSR count). The van der Waals surface area contributed by atoms with Crippen LogP contribution in [0.2, 0.25) is 5.15 Å². The highest BCUT2D eigenvalue weighted by atomic mass is 35.5. The highest BCUT2D eigenvalue weighted by Gasteiger charge is 2.11.